The molecule has 1 rings (SSSR count). The minimum Gasteiger partial charge on any atom is -0.515 e. The number of carbonyl (C=O) groups excluding carboxylic acids is 1. The predicted molar refractivity (Wildman–Crippen MR) is 43.4 cm³/mol. The van der Waals surface area contributed by atoms with Gasteiger partial charge in [0.1, 0.15) is 0 Å². The van der Waals surface area contributed by atoms with Gasteiger partial charge in [-0.2, -0.15) is 0 Å². The fourth-order valence-corrected chi connectivity index (χ4v) is 1.57. The Bertz CT molecular complexity index is 182. The van der Waals surface area contributed by atoms with E-state index in [0.717, 1.165) is 31.9 Å². The van der Waals surface area contributed by atoms with Gasteiger partial charge in [-0.3, -0.25) is 4.79 Å². The van der Waals surface area contributed by atoms with Crippen LogP contribution in [0.5, 0.6) is 0 Å². The maximum Gasteiger partial charge on any atom is 0.164 e. The molecule has 0 aliphatic heterocycles. The van der Waals surface area contributed by atoms with Crippen LogP contribution in [0.1, 0.15) is 32.6 Å². The van der Waals surface area contributed by atoms with Crippen LogP contribution >= 0.6 is 0 Å². The van der Waals surface area contributed by atoms with E-state index >= 15 is 0 Å². The molecule has 0 amide bonds. The van der Waals surface area contributed by atoms with E-state index in [4.69, 9.17) is 5.11 Å². The predicted octanol–water partition coefficient (Wildman–Crippen LogP) is 2.21. The molecule has 2 nitrogen and oxygen atoms in total. The van der Waals surface area contributed by atoms with Crippen molar-refractivity contribution in [3.63, 3.8) is 0 Å². The molecule has 1 saturated carbocycles. The summed E-state index contributed by atoms with van der Waals surface area (Å²) in [5.41, 5.74) is 0.614. The molecule has 1 unspecified atom stereocenters. The van der Waals surface area contributed by atoms with Crippen LogP contribution in [0.4, 0.5) is 0 Å². The lowest BCUT2D eigenvalue weighted by molar-refractivity contribution is -0.120. The van der Waals surface area contributed by atoms with Crippen LogP contribution in [-0.2, 0) is 4.79 Å². The van der Waals surface area contributed by atoms with Gasteiger partial charge < -0.3 is 5.11 Å². The molecular weight excluding hydrogens is 140 g/mol. The summed E-state index contributed by atoms with van der Waals surface area (Å²) >= 11 is 0. The van der Waals surface area contributed by atoms with Crippen molar-refractivity contribution in [2.24, 2.45) is 5.92 Å². The van der Waals surface area contributed by atoms with E-state index in [2.05, 4.69) is 0 Å². The molecule has 0 spiro atoms. The van der Waals surface area contributed by atoms with Crippen LogP contribution in [0, 0.1) is 5.92 Å². The van der Waals surface area contributed by atoms with E-state index in [9.17, 15) is 4.79 Å². The zero-order chi connectivity index (χ0) is 8.27. The molecule has 1 aliphatic rings. The molecule has 0 radical (unpaired) electrons. The molecule has 11 heavy (non-hydrogen) atoms. The molecule has 0 bridgehead atoms. The minimum absolute atomic E-state index is 0.154. The summed E-state index contributed by atoms with van der Waals surface area (Å²) in [6, 6.07) is 0. The molecule has 62 valence electrons. The van der Waals surface area contributed by atoms with Crippen molar-refractivity contribution in [1.29, 1.82) is 0 Å². The number of ketones is 1. The van der Waals surface area contributed by atoms with Gasteiger partial charge >= 0.3 is 0 Å². The van der Waals surface area contributed by atoms with Crippen molar-refractivity contribution in [1.82, 2.24) is 0 Å². The van der Waals surface area contributed by atoms with E-state index in [1.807, 2.05) is 6.92 Å². The number of hydrogen-bond acceptors (Lipinski definition) is 2. The monoisotopic (exact) mass is 154 g/mol. The first-order valence-electron chi connectivity index (χ1n) is 4.17. The van der Waals surface area contributed by atoms with Crippen molar-refractivity contribution in [2.75, 3.05) is 0 Å². The van der Waals surface area contributed by atoms with Crippen molar-refractivity contribution in [2.45, 2.75) is 32.6 Å². The van der Waals surface area contributed by atoms with Crippen LogP contribution in [0.3, 0.4) is 0 Å². The van der Waals surface area contributed by atoms with Crippen molar-refractivity contribution >= 4 is 5.78 Å². The second-order valence-electron chi connectivity index (χ2n) is 3.02. The average Bonchev–Trinajstić information content (AvgIpc) is 2.05. The molecule has 0 aromatic rings. The van der Waals surface area contributed by atoms with Gasteiger partial charge in [0.15, 0.2) is 5.78 Å². The minimum atomic E-state index is 0.154. The van der Waals surface area contributed by atoms with Gasteiger partial charge in [0, 0.05) is 11.5 Å². The highest BCUT2D eigenvalue weighted by Gasteiger charge is 2.24. The highest BCUT2D eigenvalue weighted by atomic mass is 16.2. The van der Waals surface area contributed by atoms with Gasteiger partial charge in [0.25, 0.3) is 0 Å². The summed E-state index contributed by atoms with van der Waals surface area (Å²) in [6.07, 6.45) is 4.66. The highest BCUT2D eigenvalue weighted by molar-refractivity contribution is 5.97. The normalized spacial score (nSPS) is 29.4. The van der Waals surface area contributed by atoms with Crippen LogP contribution in [0.15, 0.2) is 11.8 Å². The van der Waals surface area contributed by atoms with Gasteiger partial charge in [-0.1, -0.05) is 6.92 Å². The fourth-order valence-electron chi connectivity index (χ4n) is 1.57. The maximum absolute atomic E-state index is 11.4. The molecule has 0 aromatic heterocycles. The first kappa shape index (κ1) is 8.31. The average molecular weight is 154 g/mol. The summed E-state index contributed by atoms with van der Waals surface area (Å²) in [7, 11) is 0. The van der Waals surface area contributed by atoms with Gasteiger partial charge in [-0.15, -0.1) is 0 Å². The van der Waals surface area contributed by atoms with Crippen LogP contribution in [0.25, 0.3) is 0 Å². The quantitative estimate of drug-likeness (QED) is 0.464. The molecule has 0 heterocycles. The first-order chi connectivity index (χ1) is 5.29. The van der Waals surface area contributed by atoms with Gasteiger partial charge in [0.05, 0.1) is 6.26 Å². The number of rotatable bonds is 1. The zero-order valence-electron chi connectivity index (χ0n) is 6.84. The first-order valence-corrected chi connectivity index (χ1v) is 4.17. The van der Waals surface area contributed by atoms with Crippen molar-refractivity contribution < 1.29 is 9.90 Å². The van der Waals surface area contributed by atoms with E-state index in [-0.39, 0.29) is 11.7 Å². The van der Waals surface area contributed by atoms with Crippen LogP contribution in [-0.4, -0.2) is 10.9 Å². The second kappa shape index (κ2) is 3.56. The van der Waals surface area contributed by atoms with Gasteiger partial charge in [-0.05, 0) is 25.7 Å². The molecule has 1 aliphatic carbocycles. The third-order valence-electron chi connectivity index (χ3n) is 2.33. The Labute approximate surface area is 66.9 Å². The number of carbonyl (C=O) groups is 1. The maximum atomic E-state index is 11.4. The summed E-state index contributed by atoms with van der Waals surface area (Å²) in [5, 5.41) is 8.69. The molecule has 2 heteroatoms. The smallest absolute Gasteiger partial charge is 0.164 e. The number of aliphatic hydroxyl groups excluding tert-OH is 1. The van der Waals surface area contributed by atoms with E-state index in [0.29, 0.717) is 5.57 Å². The summed E-state index contributed by atoms with van der Waals surface area (Å²) < 4.78 is 0. The van der Waals surface area contributed by atoms with Crippen LogP contribution < -0.4 is 0 Å². The fraction of sp³-hybridized carbons (Fsp3) is 0.667. The number of allylic oxidation sites excluding steroid dienone is 1. The SMILES string of the molecule is CCC1CCCC(=CO)C1=O. The number of aliphatic hydroxyl groups is 1. The Morgan fingerprint density at radius 3 is 3.00 bits per heavy atom. The molecule has 1 fully saturated rings. The van der Waals surface area contributed by atoms with E-state index < -0.39 is 0 Å². The van der Waals surface area contributed by atoms with E-state index in [1.165, 1.54) is 0 Å². The molecule has 1 atom stereocenters. The Morgan fingerprint density at radius 2 is 2.45 bits per heavy atom. The van der Waals surface area contributed by atoms with Crippen molar-refractivity contribution in [3.8, 4) is 0 Å². The molecule has 1 N–H and O–H groups in total. The van der Waals surface area contributed by atoms with E-state index in [1.54, 1.807) is 0 Å². The Morgan fingerprint density at radius 1 is 1.73 bits per heavy atom. The third kappa shape index (κ3) is 1.62. The lowest BCUT2D eigenvalue weighted by Crippen LogP contribution is -2.20. The summed E-state index contributed by atoms with van der Waals surface area (Å²) in [5.74, 6) is 0.323. The Hall–Kier alpha value is -0.790. The van der Waals surface area contributed by atoms with Gasteiger partial charge in [0.2, 0.25) is 0 Å². The third-order valence-corrected chi connectivity index (χ3v) is 2.33. The highest BCUT2D eigenvalue weighted by Crippen LogP contribution is 2.26. The standard InChI is InChI=1S/C9H14O2/c1-2-7-4-3-5-8(6-10)9(7)11/h6-7,10H,2-5H2,1H3. The largest absolute Gasteiger partial charge is 0.515 e. The molecule has 0 aromatic carbocycles. The molecule has 0 saturated heterocycles. The lowest BCUT2D eigenvalue weighted by Gasteiger charge is -2.20. The lowest BCUT2D eigenvalue weighted by atomic mass is 9.83. The van der Waals surface area contributed by atoms with Gasteiger partial charge in [-0.25, -0.2) is 0 Å². The summed E-state index contributed by atoms with van der Waals surface area (Å²) in [4.78, 5) is 11.4. The van der Waals surface area contributed by atoms with Crippen LogP contribution in [0.2, 0.25) is 0 Å². The number of Topliss-reactive ketones (excluding diaryl/α,β-unsaturated/α-hetero) is 1. The summed E-state index contributed by atoms with van der Waals surface area (Å²) in [6.45, 7) is 2.02. The second-order valence-corrected chi connectivity index (χ2v) is 3.02. The van der Waals surface area contributed by atoms with Crippen molar-refractivity contribution in [3.05, 3.63) is 11.8 Å². The Balaban J connectivity index is 2.67. The number of hydrogen-bond donors (Lipinski definition) is 1. The zero-order valence-corrected chi connectivity index (χ0v) is 6.84. The topological polar surface area (TPSA) is 37.3 Å². The Kier molecular flexibility index (Phi) is 2.69. The molecular formula is C9H14O2.